The van der Waals surface area contributed by atoms with Gasteiger partial charge < -0.3 is 20.3 Å². The molecule has 5 heteroatoms. The molecule has 3 N–H and O–H groups in total. The molecule has 22 heavy (non-hydrogen) atoms. The summed E-state index contributed by atoms with van der Waals surface area (Å²) in [4.78, 5) is 12.3. The summed E-state index contributed by atoms with van der Waals surface area (Å²) in [6, 6.07) is 7.49. The summed E-state index contributed by atoms with van der Waals surface area (Å²) in [5.41, 5.74) is 1.16. The molecule has 1 amide bonds. The number of hydrogen-bond acceptors (Lipinski definition) is 4. The van der Waals surface area contributed by atoms with Crippen molar-refractivity contribution in [1.29, 1.82) is 0 Å². The number of fused-ring (bicyclic) bond motifs is 1. The fourth-order valence-electron chi connectivity index (χ4n) is 3.37. The van der Waals surface area contributed by atoms with E-state index in [9.17, 15) is 15.0 Å². The molecule has 0 saturated carbocycles. The summed E-state index contributed by atoms with van der Waals surface area (Å²) in [7, 11) is 0. The van der Waals surface area contributed by atoms with Crippen molar-refractivity contribution in [2.45, 2.75) is 49.9 Å². The minimum Gasteiger partial charge on any atom is -0.391 e. The Hall–Kier alpha value is -1.43. The molecule has 2 aliphatic rings. The molecular weight excluding hydrogens is 282 g/mol. The fourth-order valence-corrected chi connectivity index (χ4v) is 3.37. The SMILES string of the molecule is O=C(CC1(O)CCOCC1)N[C@H]1c2ccccc2CC[C@H]1O. The maximum absolute atomic E-state index is 12.3. The van der Waals surface area contributed by atoms with Crippen LogP contribution in [0.2, 0.25) is 0 Å². The first-order valence-electron chi connectivity index (χ1n) is 7.93. The van der Waals surface area contributed by atoms with Crippen LogP contribution in [0.25, 0.3) is 0 Å². The van der Waals surface area contributed by atoms with Crippen molar-refractivity contribution in [3.63, 3.8) is 0 Å². The molecule has 3 rings (SSSR count). The second-order valence-corrected chi connectivity index (χ2v) is 6.36. The zero-order valence-corrected chi connectivity index (χ0v) is 12.6. The predicted molar refractivity (Wildman–Crippen MR) is 81.3 cm³/mol. The number of amides is 1. The maximum atomic E-state index is 12.3. The first-order chi connectivity index (χ1) is 10.6. The summed E-state index contributed by atoms with van der Waals surface area (Å²) < 4.78 is 5.23. The number of rotatable bonds is 3. The molecule has 1 aliphatic heterocycles. The van der Waals surface area contributed by atoms with Crippen molar-refractivity contribution < 1.29 is 19.7 Å². The van der Waals surface area contributed by atoms with Crippen molar-refractivity contribution in [2.24, 2.45) is 0 Å². The Morgan fingerprint density at radius 1 is 1.32 bits per heavy atom. The zero-order chi connectivity index (χ0) is 15.6. The number of aliphatic hydroxyl groups excluding tert-OH is 1. The summed E-state index contributed by atoms with van der Waals surface area (Å²) in [6.45, 7) is 0.970. The number of hydrogen-bond donors (Lipinski definition) is 3. The van der Waals surface area contributed by atoms with Crippen LogP contribution in [0, 0.1) is 0 Å². The summed E-state index contributed by atoms with van der Waals surface area (Å²) in [5.74, 6) is -0.217. The van der Waals surface area contributed by atoms with E-state index in [-0.39, 0.29) is 18.4 Å². The molecule has 0 radical (unpaired) electrons. The Labute approximate surface area is 130 Å². The molecule has 0 aromatic heterocycles. The highest BCUT2D eigenvalue weighted by atomic mass is 16.5. The normalized spacial score (nSPS) is 27.0. The molecule has 1 saturated heterocycles. The smallest absolute Gasteiger partial charge is 0.223 e. The van der Waals surface area contributed by atoms with Gasteiger partial charge in [-0.3, -0.25) is 4.79 Å². The Kier molecular flexibility index (Phi) is 4.47. The van der Waals surface area contributed by atoms with Gasteiger partial charge in [-0.15, -0.1) is 0 Å². The van der Waals surface area contributed by atoms with Crippen LogP contribution in [-0.4, -0.2) is 41.0 Å². The molecular formula is C17H23NO4. The third-order valence-corrected chi connectivity index (χ3v) is 4.71. The van der Waals surface area contributed by atoms with Gasteiger partial charge in [0, 0.05) is 26.1 Å². The monoisotopic (exact) mass is 305 g/mol. The first kappa shape index (κ1) is 15.5. The Balaban J connectivity index is 1.68. The molecule has 1 fully saturated rings. The zero-order valence-electron chi connectivity index (χ0n) is 12.6. The van der Waals surface area contributed by atoms with E-state index in [1.807, 2.05) is 24.3 Å². The van der Waals surface area contributed by atoms with Crippen LogP contribution in [-0.2, 0) is 16.0 Å². The van der Waals surface area contributed by atoms with E-state index in [0.717, 1.165) is 12.0 Å². The Bertz CT molecular complexity index is 539. The minimum atomic E-state index is -0.985. The maximum Gasteiger partial charge on any atom is 0.223 e. The highest BCUT2D eigenvalue weighted by Crippen LogP contribution is 2.31. The topological polar surface area (TPSA) is 78.8 Å². The number of aryl methyl sites for hydroxylation is 1. The summed E-state index contributed by atoms with van der Waals surface area (Å²) in [5, 5.41) is 23.6. The number of carbonyl (C=O) groups excluding carboxylic acids is 1. The highest BCUT2D eigenvalue weighted by Gasteiger charge is 2.35. The Morgan fingerprint density at radius 3 is 2.82 bits per heavy atom. The lowest BCUT2D eigenvalue weighted by atomic mass is 9.85. The van der Waals surface area contributed by atoms with Crippen LogP contribution < -0.4 is 5.32 Å². The van der Waals surface area contributed by atoms with Crippen LogP contribution >= 0.6 is 0 Å². The van der Waals surface area contributed by atoms with Crippen molar-refractivity contribution in [1.82, 2.24) is 5.32 Å². The predicted octanol–water partition coefficient (Wildman–Crippen LogP) is 1.08. The van der Waals surface area contributed by atoms with E-state index in [4.69, 9.17) is 4.74 Å². The average molecular weight is 305 g/mol. The van der Waals surface area contributed by atoms with Gasteiger partial charge in [-0.1, -0.05) is 24.3 Å². The second kappa shape index (κ2) is 6.36. The molecule has 1 aromatic rings. The molecule has 2 atom stereocenters. The van der Waals surface area contributed by atoms with Crippen LogP contribution in [0.4, 0.5) is 0 Å². The van der Waals surface area contributed by atoms with E-state index in [1.54, 1.807) is 0 Å². The molecule has 1 heterocycles. The van der Waals surface area contributed by atoms with Gasteiger partial charge in [0.05, 0.1) is 24.2 Å². The summed E-state index contributed by atoms with van der Waals surface area (Å²) in [6.07, 6.45) is 1.89. The van der Waals surface area contributed by atoms with E-state index >= 15 is 0 Å². The number of carbonyl (C=O) groups is 1. The van der Waals surface area contributed by atoms with Gasteiger partial charge in [0.15, 0.2) is 0 Å². The fraction of sp³-hybridized carbons (Fsp3) is 0.588. The molecule has 120 valence electrons. The number of benzene rings is 1. The van der Waals surface area contributed by atoms with Crippen molar-refractivity contribution in [2.75, 3.05) is 13.2 Å². The molecule has 5 nitrogen and oxygen atoms in total. The molecule has 1 aliphatic carbocycles. The van der Waals surface area contributed by atoms with Crippen molar-refractivity contribution in [3.8, 4) is 0 Å². The van der Waals surface area contributed by atoms with E-state index in [1.165, 1.54) is 5.56 Å². The number of nitrogens with one attached hydrogen (secondary N) is 1. The van der Waals surface area contributed by atoms with Gasteiger partial charge in [-0.05, 0) is 24.0 Å². The third kappa shape index (κ3) is 3.32. The largest absolute Gasteiger partial charge is 0.391 e. The van der Waals surface area contributed by atoms with Crippen molar-refractivity contribution >= 4 is 5.91 Å². The standard InChI is InChI=1S/C17H23NO4/c19-14-6-5-12-3-1-2-4-13(12)16(14)18-15(20)11-17(21)7-9-22-10-8-17/h1-4,14,16,19,21H,5-11H2,(H,18,20)/t14-,16+/m1/s1. The Morgan fingerprint density at radius 2 is 2.05 bits per heavy atom. The van der Waals surface area contributed by atoms with Crippen LogP contribution in [0.1, 0.15) is 42.9 Å². The quantitative estimate of drug-likeness (QED) is 0.781. The van der Waals surface area contributed by atoms with Crippen molar-refractivity contribution in [3.05, 3.63) is 35.4 Å². The van der Waals surface area contributed by atoms with Crippen LogP contribution in [0.3, 0.4) is 0 Å². The lowest BCUT2D eigenvalue weighted by molar-refractivity contribution is -0.132. The van der Waals surface area contributed by atoms with E-state index in [0.29, 0.717) is 32.5 Å². The van der Waals surface area contributed by atoms with Crippen LogP contribution in [0.15, 0.2) is 24.3 Å². The van der Waals surface area contributed by atoms with Gasteiger partial charge in [0.1, 0.15) is 0 Å². The van der Waals surface area contributed by atoms with E-state index < -0.39 is 11.7 Å². The molecule has 1 aromatic carbocycles. The number of ether oxygens (including phenoxy) is 1. The van der Waals surface area contributed by atoms with Crippen LogP contribution in [0.5, 0.6) is 0 Å². The van der Waals surface area contributed by atoms with Gasteiger partial charge >= 0.3 is 0 Å². The number of aliphatic hydroxyl groups is 2. The minimum absolute atomic E-state index is 0.0573. The van der Waals surface area contributed by atoms with Gasteiger partial charge in [-0.25, -0.2) is 0 Å². The van der Waals surface area contributed by atoms with E-state index in [2.05, 4.69) is 5.32 Å². The lowest BCUT2D eigenvalue weighted by Crippen LogP contribution is -2.45. The first-order valence-corrected chi connectivity index (χ1v) is 7.93. The van der Waals surface area contributed by atoms with Gasteiger partial charge in [-0.2, -0.15) is 0 Å². The molecule has 0 unspecified atom stereocenters. The molecule has 0 bridgehead atoms. The van der Waals surface area contributed by atoms with Gasteiger partial charge in [0.2, 0.25) is 5.91 Å². The summed E-state index contributed by atoms with van der Waals surface area (Å²) >= 11 is 0. The average Bonchev–Trinajstić information content (AvgIpc) is 2.50. The molecule has 0 spiro atoms. The second-order valence-electron chi connectivity index (χ2n) is 6.36. The third-order valence-electron chi connectivity index (χ3n) is 4.71. The lowest BCUT2D eigenvalue weighted by Gasteiger charge is -2.34. The van der Waals surface area contributed by atoms with Gasteiger partial charge in [0.25, 0.3) is 0 Å². The highest BCUT2D eigenvalue weighted by molar-refractivity contribution is 5.77.